The smallest absolute Gasteiger partial charge is 0.373 e. The van der Waals surface area contributed by atoms with Crippen LogP contribution in [-0.2, 0) is 23.8 Å². The minimum Gasteiger partial charge on any atom is -0.396 e. The highest BCUT2D eigenvalue weighted by Crippen LogP contribution is 2.19. The molecule has 0 heterocycles. The minimum atomic E-state index is -1.85. The van der Waals surface area contributed by atoms with E-state index < -0.39 is 17.9 Å². The Morgan fingerprint density at radius 3 is 1.85 bits per heavy atom. The lowest BCUT2D eigenvalue weighted by atomic mass is 10.3. The maximum Gasteiger partial charge on any atom is 0.373 e. The van der Waals surface area contributed by atoms with Gasteiger partial charge < -0.3 is 19.3 Å². The van der Waals surface area contributed by atoms with Crippen molar-refractivity contribution in [3.05, 3.63) is 24.3 Å². The van der Waals surface area contributed by atoms with Crippen molar-refractivity contribution in [1.29, 1.82) is 0 Å². The van der Waals surface area contributed by atoms with Crippen LogP contribution in [-0.4, -0.2) is 36.2 Å². The first-order valence-electron chi connectivity index (χ1n) is 6.24. The molecule has 0 saturated carbocycles. The monoisotopic (exact) mass is 286 g/mol. The van der Waals surface area contributed by atoms with Crippen LogP contribution in [0.5, 0.6) is 0 Å². The third kappa shape index (κ3) is 7.06. The third-order valence-corrected chi connectivity index (χ3v) is 2.17. The molecule has 0 aliphatic rings. The van der Waals surface area contributed by atoms with E-state index in [1.807, 2.05) is 0 Å². The number of carbonyl (C=O) groups excluding carboxylic acids is 2. The summed E-state index contributed by atoms with van der Waals surface area (Å²) in [6, 6.07) is 0. The topological polar surface area (TPSA) is 82.1 Å². The second kappa shape index (κ2) is 8.50. The van der Waals surface area contributed by atoms with Crippen LogP contribution in [0.3, 0.4) is 0 Å². The van der Waals surface area contributed by atoms with E-state index in [2.05, 4.69) is 13.2 Å². The van der Waals surface area contributed by atoms with Crippen molar-refractivity contribution in [2.75, 3.05) is 13.2 Å². The van der Waals surface area contributed by atoms with Gasteiger partial charge in [0.25, 0.3) is 0 Å². The molecule has 0 aromatic rings. The van der Waals surface area contributed by atoms with E-state index in [1.165, 1.54) is 20.8 Å². The summed E-state index contributed by atoms with van der Waals surface area (Å²) >= 11 is 0. The van der Waals surface area contributed by atoms with Gasteiger partial charge in [0.15, 0.2) is 0 Å². The summed E-state index contributed by atoms with van der Waals surface area (Å²) in [5.41, 5.74) is 0.308. The summed E-state index contributed by atoms with van der Waals surface area (Å²) in [7, 11) is 0. The summed E-state index contributed by atoms with van der Waals surface area (Å²) < 4.78 is 15.3. The normalized spacial score (nSPS) is 10.8. The summed E-state index contributed by atoms with van der Waals surface area (Å²) in [5.74, 6) is -3.31. The molecule has 0 amide bonds. The van der Waals surface area contributed by atoms with E-state index in [9.17, 15) is 9.59 Å². The van der Waals surface area contributed by atoms with Gasteiger partial charge in [-0.3, -0.25) is 0 Å². The van der Waals surface area contributed by atoms with Gasteiger partial charge in [-0.1, -0.05) is 13.2 Å². The number of hydrogen-bond donors (Lipinski definition) is 1. The Morgan fingerprint density at radius 1 is 1.05 bits per heavy atom. The Morgan fingerprint density at radius 2 is 1.50 bits per heavy atom. The second-order valence-corrected chi connectivity index (χ2v) is 4.48. The molecule has 0 radical (unpaired) electrons. The zero-order valence-electron chi connectivity index (χ0n) is 12.2. The molecule has 6 heteroatoms. The zero-order chi connectivity index (χ0) is 15.8. The molecule has 0 unspecified atom stereocenters. The van der Waals surface area contributed by atoms with Gasteiger partial charge >= 0.3 is 17.9 Å². The number of hydrogen-bond acceptors (Lipinski definition) is 6. The largest absolute Gasteiger partial charge is 0.396 e. The number of ether oxygens (including phenoxy) is 3. The van der Waals surface area contributed by atoms with E-state index >= 15 is 0 Å². The maximum atomic E-state index is 11.5. The highest BCUT2D eigenvalue weighted by atomic mass is 16.9. The molecule has 0 saturated heterocycles. The van der Waals surface area contributed by atoms with Crippen LogP contribution in [0.2, 0.25) is 0 Å². The van der Waals surface area contributed by atoms with E-state index in [0.717, 1.165) is 0 Å². The molecular formula is C14H22O6. The fraction of sp³-hybridized carbons (Fsp3) is 0.571. The number of unbranched alkanes of at least 4 members (excludes halogenated alkanes) is 1. The summed E-state index contributed by atoms with van der Waals surface area (Å²) in [6.45, 7) is 11.3. The van der Waals surface area contributed by atoms with Crippen LogP contribution in [0, 0.1) is 0 Å². The molecule has 20 heavy (non-hydrogen) atoms. The Kier molecular flexibility index (Phi) is 7.79. The first kappa shape index (κ1) is 18.3. The summed E-state index contributed by atoms with van der Waals surface area (Å²) in [5, 5.41) is 8.68. The fourth-order valence-corrected chi connectivity index (χ4v) is 1.06. The average Bonchev–Trinajstić information content (AvgIpc) is 2.34. The Hall–Kier alpha value is -1.66. The Bertz CT molecular complexity index is 357. The van der Waals surface area contributed by atoms with Crippen LogP contribution in [0.15, 0.2) is 24.3 Å². The van der Waals surface area contributed by atoms with Crippen molar-refractivity contribution in [3.63, 3.8) is 0 Å². The van der Waals surface area contributed by atoms with Gasteiger partial charge in [-0.2, -0.15) is 0 Å². The predicted octanol–water partition coefficient (Wildman–Crippen LogP) is 1.69. The molecule has 0 fully saturated rings. The maximum absolute atomic E-state index is 11.5. The first-order chi connectivity index (χ1) is 9.22. The molecule has 0 bridgehead atoms. The quantitative estimate of drug-likeness (QED) is 0.300. The summed E-state index contributed by atoms with van der Waals surface area (Å²) in [6.07, 6.45) is 1.06. The molecule has 1 N–H and O–H groups in total. The lowest BCUT2D eigenvalue weighted by Gasteiger charge is -2.28. The van der Waals surface area contributed by atoms with E-state index in [0.29, 0.717) is 12.8 Å². The van der Waals surface area contributed by atoms with Crippen molar-refractivity contribution in [3.8, 4) is 0 Å². The van der Waals surface area contributed by atoms with Gasteiger partial charge in [0.1, 0.15) is 0 Å². The SMILES string of the molecule is C=C(C)C(=O)OC(C)(OCCCCO)OC(=O)C(=C)C. The fourth-order valence-electron chi connectivity index (χ4n) is 1.06. The van der Waals surface area contributed by atoms with Crippen LogP contribution >= 0.6 is 0 Å². The minimum absolute atomic E-state index is 0.0250. The highest BCUT2D eigenvalue weighted by molar-refractivity contribution is 5.88. The van der Waals surface area contributed by atoms with Crippen LogP contribution in [0.4, 0.5) is 0 Å². The molecule has 6 nitrogen and oxygen atoms in total. The molecule has 114 valence electrons. The van der Waals surface area contributed by atoms with E-state index in [4.69, 9.17) is 19.3 Å². The van der Waals surface area contributed by atoms with Crippen molar-refractivity contribution in [2.45, 2.75) is 39.6 Å². The van der Waals surface area contributed by atoms with Crippen LogP contribution in [0.25, 0.3) is 0 Å². The van der Waals surface area contributed by atoms with Crippen LogP contribution in [0.1, 0.15) is 33.6 Å². The molecule has 0 aromatic heterocycles. The summed E-state index contributed by atoms with van der Waals surface area (Å²) in [4.78, 5) is 23.1. The predicted molar refractivity (Wildman–Crippen MR) is 72.5 cm³/mol. The van der Waals surface area contributed by atoms with Gasteiger partial charge in [0.05, 0.1) is 6.61 Å². The van der Waals surface area contributed by atoms with Gasteiger partial charge in [0, 0.05) is 24.7 Å². The average molecular weight is 286 g/mol. The van der Waals surface area contributed by atoms with E-state index in [1.54, 1.807) is 0 Å². The van der Waals surface area contributed by atoms with Crippen molar-refractivity contribution >= 4 is 11.9 Å². The molecular weight excluding hydrogens is 264 g/mol. The number of carbonyl (C=O) groups is 2. The van der Waals surface area contributed by atoms with Crippen molar-refractivity contribution < 1.29 is 28.9 Å². The Balaban J connectivity index is 4.73. The molecule has 0 atom stereocenters. The lowest BCUT2D eigenvalue weighted by Crippen LogP contribution is -2.40. The van der Waals surface area contributed by atoms with Gasteiger partial charge in [0.2, 0.25) is 0 Å². The second-order valence-electron chi connectivity index (χ2n) is 4.48. The molecule has 0 aliphatic heterocycles. The number of aliphatic hydroxyl groups excluding tert-OH is 1. The standard InChI is InChI=1S/C14H22O6/c1-10(2)12(16)19-14(5,18-9-7-6-8-15)20-13(17)11(3)4/h15H,1,3,6-9H2,2,4-5H3. The van der Waals surface area contributed by atoms with Gasteiger partial charge in [-0.15, -0.1) is 0 Å². The van der Waals surface area contributed by atoms with Gasteiger partial charge in [-0.25, -0.2) is 9.59 Å². The van der Waals surface area contributed by atoms with Crippen molar-refractivity contribution in [2.24, 2.45) is 0 Å². The molecule has 0 aliphatic carbocycles. The van der Waals surface area contributed by atoms with E-state index in [-0.39, 0.29) is 24.4 Å². The first-order valence-corrected chi connectivity index (χ1v) is 6.24. The lowest BCUT2D eigenvalue weighted by molar-refractivity contribution is -0.333. The third-order valence-electron chi connectivity index (χ3n) is 2.17. The molecule has 0 rings (SSSR count). The number of rotatable bonds is 9. The van der Waals surface area contributed by atoms with Gasteiger partial charge in [-0.05, 0) is 26.7 Å². The van der Waals surface area contributed by atoms with Crippen molar-refractivity contribution in [1.82, 2.24) is 0 Å². The Labute approximate surface area is 119 Å². The molecule has 0 spiro atoms. The molecule has 0 aromatic carbocycles. The zero-order valence-corrected chi connectivity index (χ0v) is 12.2. The number of aliphatic hydroxyl groups is 1. The highest BCUT2D eigenvalue weighted by Gasteiger charge is 2.35. The van der Waals surface area contributed by atoms with Crippen LogP contribution < -0.4 is 0 Å². The number of esters is 2.